The number of pyridine rings is 1. The average Bonchev–Trinajstić information content (AvgIpc) is 2.73. The van der Waals surface area contributed by atoms with Crippen molar-refractivity contribution in [3.8, 4) is 0 Å². The fourth-order valence-electron chi connectivity index (χ4n) is 2.84. The Balaban J connectivity index is 2.22. The van der Waals surface area contributed by atoms with Crippen LogP contribution in [-0.2, 0) is 24.2 Å². The van der Waals surface area contributed by atoms with E-state index in [0.29, 0.717) is 5.52 Å². The van der Waals surface area contributed by atoms with Gasteiger partial charge in [0.15, 0.2) is 9.84 Å². The third-order valence-electron chi connectivity index (χ3n) is 4.38. The van der Waals surface area contributed by atoms with E-state index in [1.54, 1.807) is 24.3 Å². The molecule has 0 aliphatic carbocycles. The van der Waals surface area contributed by atoms with Gasteiger partial charge < -0.3 is 20.8 Å². The highest BCUT2D eigenvalue weighted by Gasteiger charge is 2.25. The highest BCUT2D eigenvalue weighted by Crippen LogP contribution is 2.12. The fraction of sp³-hybridized carbons (Fsp3) is 0.286. The van der Waals surface area contributed by atoms with E-state index in [9.17, 15) is 27.6 Å². The van der Waals surface area contributed by atoms with Crippen molar-refractivity contribution in [1.29, 1.82) is 0 Å². The lowest BCUT2D eigenvalue weighted by Gasteiger charge is -2.21. The second-order valence-electron chi connectivity index (χ2n) is 7.22. The number of nitrogens with one attached hydrogen (secondary N) is 2. The Bertz CT molecular complexity index is 1190. The Morgan fingerprint density at radius 1 is 1.03 bits per heavy atom. The highest BCUT2D eigenvalue weighted by atomic mass is 32.2. The smallest absolute Gasteiger partial charge is 0.305 e. The molecule has 0 unspecified atom stereocenters. The Labute approximate surface area is 189 Å². The molecular weight excluding hydrogens is 454 g/mol. The molecule has 2 atom stereocenters. The maximum Gasteiger partial charge on any atom is 0.305 e. The largest absolute Gasteiger partial charge is 0.481 e. The zero-order valence-corrected chi connectivity index (χ0v) is 18.4. The molecule has 2 amide bonds. The van der Waals surface area contributed by atoms with Crippen LogP contribution in [0.15, 0.2) is 47.9 Å². The molecule has 1 aromatic carbocycles. The lowest BCUT2D eigenvalue weighted by molar-refractivity contribution is -0.138. The minimum atomic E-state index is -3.59. The van der Waals surface area contributed by atoms with Crippen molar-refractivity contribution in [2.75, 3.05) is 6.26 Å². The maximum absolute atomic E-state index is 12.7. The first-order valence-corrected chi connectivity index (χ1v) is 11.7. The van der Waals surface area contributed by atoms with Crippen molar-refractivity contribution in [3.05, 3.63) is 53.6 Å². The van der Waals surface area contributed by atoms with Gasteiger partial charge >= 0.3 is 11.9 Å². The fourth-order valence-corrected chi connectivity index (χ4v) is 3.31. The van der Waals surface area contributed by atoms with Gasteiger partial charge in [-0.3, -0.25) is 19.2 Å². The summed E-state index contributed by atoms with van der Waals surface area (Å²) in [5.74, 6) is -4.10. The van der Waals surface area contributed by atoms with Crippen molar-refractivity contribution in [2.45, 2.75) is 31.3 Å². The van der Waals surface area contributed by atoms with Crippen molar-refractivity contribution in [3.63, 3.8) is 0 Å². The van der Waals surface area contributed by atoms with Gasteiger partial charge in [-0.15, -0.1) is 0 Å². The topological polar surface area (TPSA) is 180 Å². The number of carbonyl (C=O) groups is 4. The van der Waals surface area contributed by atoms with Gasteiger partial charge in [-0.2, -0.15) is 0 Å². The van der Waals surface area contributed by atoms with Gasteiger partial charge in [0.25, 0.3) is 5.91 Å². The summed E-state index contributed by atoms with van der Waals surface area (Å²) in [5, 5.41) is 24.3. The lowest BCUT2D eigenvalue weighted by Crippen LogP contribution is -2.50. The first-order valence-electron chi connectivity index (χ1n) is 9.73. The molecule has 0 fully saturated rings. The Kier molecular flexibility index (Phi) is 8.63. The first kappa shape index (κ1) is 25.5. The molecule has 0 aliphatic rings. The molecule has 2 rings (SSSR count). The number of nitrogens with zero attached hydrogens (tertiary/aromatic N) is 1. The molecule has 0 spiro atoms. The number of amides is 2. The quantitative estimate of drug-likeness (QED) is 0.362. The molecule has 0 saturated carbocycles. The predicted octanol–water partition coefficient (Wildman–Crippen LogP) is 0.716. The van der Waals surface area contributed by atoms with E-state index in [0.717, 1.165) is 23.1 Å². The number of fused-ring (bicyclic) bond motifs is 1. The van der Waals surface area contributed by atoms with Gasteiger partial charge in [0, 0.05) is 23.5 Å². The standard InChI is InChI=1S/C21H23N3O8S/c1-33(31,32)11-10-14(12-19(27)28)22-20(29)17(8-9-18(25)26)24-21(30)16-7-6-13-4-2-3-5-15(13)23-16/h2-7,10-11,14,17H,8-9,12H2,1H3,(H,22,29)(H,24,30)(H,25,26)(H,27,28)/b11-10+/t14-,17+/m1/s1. The summed E-state index contributed by atoms with van der Waals surface area (Å²) in [7, 11) is -3.59. The number of para-hydroxylation sites is 1. The molecule has 0 saturated heterocycles. The normalized spacial score (nSPS) is 13.4. The van der Waals surface area contributed by atoms with Gasteiger partial charge in [-0.05, 0) is 18.6 Å². The molecule has 0 radical (unpaired) electrons. The zero-order chi connectivity index (χ0) is 24.6. The van der Waals surface area contributed by atoms with Crippen LogP contribution in [0.5, 0.6) is 0 Å². The van der Waals surface area contributed by atoms with Crippen LogP contribution in [-0.4, -0.2) is 65.7 Å². The van der Waals surface area contributed by atoms with Crippen LogP contribution >= 0.6 is 0 Å². The summed E-state index contributed by atoms with van der Waals surface area (Å²) < 4.78 is 22.7. The second kappa shape index (κ2) is 11.2. The molecule has 0 bridgehead atoms. The number of carboxylic acids is 2. The molecule has 1 aromatic heterocycles. The monoisotopic (exact) mass is 477 g/mol. The summed E-state index contributed by atoms with van der Waals surface area (Å²) in [6.07, 6.45) is 0.546. The molecule has 2 aromatic rings. The van der Waals surface area contributed by atoms with E-state index in [-0.39, 0.29) is 12.1 Å². The van der Waals surface area contributed by atoms with Gasteiger partial charge in [0.2, 0.25) is 5.91 Å². The van der Waals surface area contributed by atoms with Crippen LogP contribution in [0.1, 0.15) is 29.8 Å². The summed E-state index contributed by atoms with van der Waals surface area (Å²) in [5.41, 5.74) is 0.546. The van der Waals surface area contributed by atoms with Crippen LogP contribution in [0.25, 0.3) is 10.9 Å². The first-order chi connectivity index (χ1) is 15.4. The predicted molar refractivity (Wildman–Crippen MR) is 118 cm³/mol. The van der Waals surface area contributed by atoms with Crippen LogP contribution in [0.3, 0.4) is 0 Å². The van der Waals surface area contributed by atoms with Gasteiger partial charge in [-0.1, -0.05) is 30.3 Å². The van der Waals surface area contributed by atoms with E-state index in [1.165, 1.54) is 6.07 Å². The van der Waals surface area contributed by atoms with Crippen LogP contribution in [0.2, 0.25) is 0 Å². The van der Waals surface area contributed by atoms with E-state index >= 15 is 0 Å². The number of carbonyl (C=O) groups excluding carboxylic acids is 2. The molecule has 1 heterocycles. The van der Waals surface area contributed by atoms with E-state index in [4.69, 9.17) is 10.2 Å². The van der Waals surface area contributed by atoms with Crippen LogP contribution < -0.4 is 10.6 Å². The molecule has 4 N–H and O–H groups in total. The van der Waals surface area contributed by atoms with Gasteiger partial charge in [0.1, 0.15) is 11.7 Å². The minimum absolute atomic E-state index is 0.000818. The van der Waals surface area contributed by atoms with E-state index in [2.05, 4.69) is 15.6 Å². The van der Waals surface area contributed by atoms with Crippen molar-refractivity contribution in [1.82, 2.24) is 15.6 Å². The molecular formula is C21H23N3O8S. The average molecular weight is 477 g/mol. The number of rotatable bonds is 11. The molecule has 12 heteroatoms. The minimum Gasteiger partial charge on any atom is -0.481 e. The Morgan fingerprint density at radius 2 is 1.73 bits per heavy atom. The highest BCUT2D eigenvalue weighted by molar-refractivity contribution is 7.93. The Hall–Kier alpha value is -3.80. The molecule has 0 aliphatic heterocycles. The number of benzene rings is 1. The lowest BCUT2D eigenvalue weighted by atomic mass is 10.1. The van der Waals surface area contributed by atoms with Crippen molar-refractivity contribution in [2.24, 2.45) is 0 Å². The van der Waals surface area contributed by atoms with Crippen molar-refractivity contribution < 1.29 is 37.8 Å². The summed E-state index contributed by atoms with van der Waals surface area (Å²) in [6.45, 7) is 0. The maximum atomic E-state index is 12.7. The third-order valence-corrected chi connectivity index (χ3v) is 5.03. The number of hydrogen-bond acceptors (Lipinski definition) is 7. The second-order valence-corrected chi connectivity index (χ2v) is 9.15. The number of hydrogen-bond donors (Lipinski definition) is 4. The number of aromatic nitrogens is 1. The Morgan fingerprint density at radius 3 is 2.36 bits per heavy atom. The van der Waals surface area contributed by atoms with Crippen LogP contribution in [0, 0.1) is 0 Å². The number of sulfone groups is 1. The summed E-state index contributed by atoms with van der Waals surface area (Å²) >= 11 is 0. The zero-order valence-electron chi connectivity index (χ0n) is 17.6. The van der Waals surface area contributed by atoms with Crippen LogP contribution in [0.4, 0.5) is 0 Å². The third kappa shape index (κ3) is 8.69. The van der Waals surface area contributed by atoms with Gasteiger partial charge in [-0.25, -0.2) is 13.4 Å². The van der Waals surface area contributed by atoms with E-state index < -0.39 is 58.5 Å². The number of aliphatic carboxylic acids is 2. The summed E-state index contributed by atoms with van der Waals surface area (Å²) in [4.78, 5) is 51.7. The van der Waals surface area contributed by atoms with Crippen molar-refractivity contribution >= 4 is 44.5 Å². The SMILES string of the molecule is CS(=O)(=O)/C=C/[C@H](CC(=O)O)NC(=O)[C@H](CCC(=O)O)NC(=O)c1ccc2ccccc2n1. The molecule has 33 heavy (non-hydrogen) atoms. The molecule has 11 nitrogen and oxygen atoms in total. The summed E-state index contributed by atoms with van der Waals surface area (Å²) in [6, 6.07) is 7.64. The van der Waals surface area contributed by atoms with Gasteiger partial charge in [0.05, 0.1) is 18.0 Å². The number of carboxylic acid groups (broad SMARTS) is 2. The molecule has 176 valence electrons. The van der Waals surface area contributed by atoms with E-state index in [1.807, 2.05) is 6.07 Å².